The van der Waals surface area contributed by atoms with Crippen molar-refractivity contribution in [3.8, 4) is 0 Å². The molecule has 2 atom stereocenters. The lowest BCUT2D eigenvalue weighted by Crippen LogP contribution is -2.22. The number of ether oxygens (including phenoxy) is 1. The Labute approximate surface area is 224 Å². The zero-order valence-corrected chi connectivity index (χ0v) is 22.5. The summed E-state index contributed by atoms with van der Waals surface area (Å²) in [5.41, 5.74) is 1.92. The zero-order valence-electron chi connectivity index (χ0n) is 21.6. The van der Waals surface area contributed by atoms with Crippen molar-refractivity contribution in [2.24, 2.45) is 0 Å². The minimum Gasteiger partial charge on any atom is -0.469 e. The van der Waals surface area contributed by atoms with E-state index < -0.39 is 44.0 Å². The van der Waals surface area contributed by atoms with E-state index in [-0.39, 0.29) is 12.6 Å². The Balaban J connectivity index is 1.87. The number of halogens is 6. The molecule has 0 saturated carbocycles. The number of benzene rings is 2. The number of esters is 1. The van der Waals surface area contributed by atoms with Crippen LogP contribution in [0.4, 0.5) is 26.3 Å². The fraction of sp³-hybridized carbons (Fsp3) is 0.407. The number of hydrogen-bond acceptors (Lipinski definition) is 5. The monoisotopic (exact) mass is 574 g/mol. The van der Waals surface area contributed by atoms with Gasteiger partial charge in [-0.3, -0.25) is 4.79 Å². The van der Waals surface area contributed by atoms with E-state index in [2.05, 4.69) is 10.5 Å². The average molecular weight is 575 g/mol. The summed E-state index contributed by atoms with van der Waals surface area (Å²) in [4.78, 5) is 11.1. The lowest BCUT2D eigenvalue weighted by molar-refractivity contribution is -0.141. The van der Waals surface area contributed by atoms with Crippen molar-refractivity contribution in [2.45, 2.75) is 43.7 Å². The molecule has 12 heteroatoms. The molecule has 0 radical (unpaired) electrons. The highest BCUT2D eigenvalue weighted by atomic mass is 31.2. The molecular formula is C27H29F6N2O3P. The third-order valence-electron chi connectivity index (χ3n) is 6.22. The van der Waals surface area contributed by atoms with Crippen LogP contribution >= 0.6 is 8.45 Å². The topological polar surface area (TPSA) is 42.0 Å². The van der Waals surface area contributed by atoms with Crippen LogP contribution in [-0.4, -0.2) is 43.1 Å². The van der Waals surface area contributed by atoms with Crippen LogP contribution in [0.25, 0.3) is 0 Å². The van der Waals surface area contributed by atoms with Crippen molar-refractivity contribution in [2.75, 3.05) is 27.8 Å². The van der Waals surface area contributed by atoms with E-state index in [0.29, 0.717) is 30.4 Å². The van der Waals surface area contributed by atoms with E-state index in [1.54, 1.807) is 47.7 Å². The fourth-order valence-corrected chi connectivity index (χ4v) is 6.35. The van der Waals surface area contributed by atoms with Gasteiger partial charge in [-0.1, -0.05) is 24.3 Å². The first-order valence-corrected chi connectivity index (χ1v) is 13.2. The number of likely N-dealkylation sites (N-methyl/N-ethyl adjacent to an activating group) is 2. The van der Waals surface area contributed by atoms with Gasteiger partial charge in [-0.15, -0.1) is 5.73 Å². The van der Waals surface area contributed by atoms with Gasteiger partial charge in [0.15, 0.2) is 8.45 Å². The Morgan fingerprint density at radius 2 is 1.44 bits per heavy atom. The van der Waals surface area contributed by atoms with Crippen LogP contribution in [0.5, 0.6) is 0 Å². The minimum atomic E-state index is -4.57. The highest BCUT2D eigenvalue weighted by molar-refractivity contribution is 7.47. The van der Waals surface area contributed by atoms with Gasteiger partial charge >= 0.3 is 18.3 Å². The molecule has 39 heavy (non-hydrogen) atoms. The van der Waals surface area contributed by atoms with Gasteiger partial charge in [0.1, 0.15) is 0 Å². The van der Waals surface area contributed by atoms with E-state index in [4.69, 9.17) is 4.52 Å². The van der Waals surface area contributed by atoms with Crippen molar-refractivity contribution in [1.82, 2.24) is 9.34 Å². The van der Waals surface area contributed by atoms with Crippen molar-refractivity contribution >= 4 is 14.4 Å². The Hall–Kier alpha value is -2.68. The van der Waals surface area contributed by atoms with Gasteiger partial charge < -0.3 is 9.26 Å². The standard InChI is InChI=1S/C27H29F6N2O3P/c1-34-24(19-11-9-13-21(17-19)26(28,29)30)25(20-12-10-14-22(18-20)27(31,32)33)35(2)39(34)38-16-8-6-4-5-7-15-23(36)37-3/h4,8-14,17-18,24-25H,5,7,15-16H2,1-3H3/t6?,24-,25-/m0/s1. The Bertz CT molecular complexity index is 1130. The third-order valence-corrected chi connectivity index (χ3v) is 8.18. The number of carbonyl (C=O) groups excluding carboxylic acids is 1. The molecule has 0 unspecified atom stereocenters. The summed E-state index contributed by atoms with van der Waals surface area (Å²) in [6.07, 6.45) is -4.25. The summed E-state index contributed by atoms with van der Waals surface area (Å²) >= 11 is 0. The molecule has 5 nitrogen and oxygen atoms in total. The van der Waals surface area contributed by atoms with Crippen LogP contribution in [-0.2, 0) is 26.4 Å². The largest absolute Gasteiger partial charge is 0.469 e. The lowest BCUT2D eigenvalue weighted by atomic mass is 9.91. The summed E-state index contributed by atoms with van der Waals surface area (Å²) < 4.78 is 95.0. The maximum Gasteiger partial charge on any atom is 0.416 e. The molecule has 0 aromatic heterocycles. The molecule has 1 saturated heterocycles. The van der Waals surface area contributed by atoms with Crippen molar-refractivity contribution in [3.05, 3.63) is 88.7 Å². The first kappa shape index (κ1) is 30.9. The summed E-state index contributed by atoms with van der Waals surface area (Å²) in [6, 6.07) is 8.26. The van der Waals surface area contributed by atoms with Gasteiger partial charge in [0.05, 0.1) is 36.9 Å². The Morgan fingerprint density at radius 1 is 0.923 bits per heavy atom. The molecule has 0 bridgehead atoms. The van der Waals surface area contributed by atoms with Gasteiger partial charge in [0.2, 0.25) is 0 Å². The van der Waals surface area contributed by atoms with E-state index in [0.717, 1.165) is 24.3 Å². The molecule has 2 aromatic rings. The van der Waals surface area contributed by atoms with Gasteiger partial charge in [-0.05, 0) is 74.5 Å². The van der Waals surface area contributed by atoms with Crippen LogP contribution in [0.2, 0.25) is 0 Å². The normalized spacial score (nSPS) is 19.1. The summed E-state index contributed by atoms with van der Waals surface area (Å²) in [5, 5.41) is 0. The molecule has 2 aromatic carbocycles. The molecule has 0 N–H and O–H groups in total. The second-order valence-corrected chi connectivity index (χ2v) is 10.9. The van der Waals surface area contributed by atoms with E-state index >= 15 is 0 Å². The minimum absolute atomic E-state index is 0.124. The summed E-state index contributed by atoms with van der Waals surface area (Å²) in [7, 11) is 3.15. The Kier molecular flexibility index (Phi) is 10.4. The first-order valence-electron chi connectivity index (χ1n) is 12.0. The van der Waals surface area contributed by atoms with E-state index in [1.165, 1.54) is 19.2 Å². The maximum atomic E-state index is 13.5. The highest BCUT2D eigenvalue weighted by Gasteiger charge is 2.47. The number of hydrogen-bond donors (Lipinski definition) is 0. The number of unbranched alkanes of at least 4 members (excludes halogenated alkanes) is 1. The second-order valence-electron chi connectivity index (χ2n) is 8.88. The van der Waals surface area contributed by atoms with Crippen LogP contribution in [0.1, 0.15) is 53.6 Å². The number of alkyl halides is 6. The van der Waals surface area contributed by atoms with Crippen LogP contribution in [0, 0.1) is 0 Å². The smallest absolute Gasteiger partial charge is 0.416 e. The molecule has 3 rings (SSSR count). The van der Waals surface area contributed by atoms with Crippen LogP contribution in [0.3, 0.4) is 0 Å². The lowest BCUT2D eigenvalue weighted by Gasteiger charge is -2.27. The van der Waals surface area contributed by atoms with Gasteiger partial charge in [0, 0.05) is 6.42 Å². The molecule has 0 amide bonds. The fourth-order valence-electron chi connectivity index (χ4n) is 4.39. The quantitative estimate of drug-likeness (QED) is 0.101. The van der Waals surface area contributed by atoms with E-state index in [9.17, 15) is 31.1 Å². The van der Waals surface area contributed by atoms with Crippen molar-refractivity contribution < 1.29 is 40.4 Å². The molecule has 1 aliphatic heterocycles. The van der Waals surface area contributed by atoms with Crippen molar-refractivity contribution in [1.29, 1.82) is 0 Å². The summed E-state index contributed by atoms with van der Waals surface area (Å²) in [5.74, 6) is -0.295. The predicted molar refractivity (Wildman–Crippen MR) is 135 cm³/mol. The number of rotatable bonds is 9. The van der Waals surface area contributed by atoms with Gasteiger partial charge in [0.25, 0.3) is 0 Å². The molecule has 1 fully saturated rings. The van der Waals surface area contributed by atoms with E-state index in [1.807, 2.05) is 0 Å². The average Bonchev–Trinajstić information content (AvgIpc) is 3.13. The zero-order chi connectivity index (χ0) is 28.8. The molecule has 1 aliphatic rings. The number of methoxy groups -OCH3 is 1. The summed E-state index contributed by atoms with van der Waals surface area (Å²) in [6.45, 7) is 0.124. The second kappa shape index (κ2) is 13.1. The van der Waals surface area contributed by atoms with Crippen LogP contribution < -0.4 is 0 Å². The molecule has 0 aliphatic carbocycles. The molecule has 0 spiro atoms. The third kappa shape index (κ3) is 7.93. The highest BCUT2D eigenvalue weighted by Crippen LogP contribution is 2.63. The van der Waals surface area contributed by atoms with Crippen LogP contribution in [0.15, 0.2) is 66.4 Å². The molecule has 212 valence electrons. The Morgan fingerprint density at radius 3 is 1.90 bits per heavy atom. The number of carbonyl (C=O) groups is 1. The van der Waals surface area contributed by atoms with Crippen molar-refractivity contribution in [3.63, 3.8) is 0 Å². The molecule has 1 heterocycles. The SMILES string of the molecule is COC(=O)CCCC=C=CCOP1N(C)[C@@H](c2cccc(C(F)(F)F)c2)[C@H](c2cccc(C(F)(F)F)c2)N1C. The molecular weight excluding hydrogens is 545 g/mol. The van der Waals surface area contributed by atoms with Gasteiger partial charge in [-0.25, -0.2) is 9.34 Å². The maximum absolute atomic E-state index is 13.5. The number of nitrogens with zero attached hydrogens (tertiary/aromatic N) is 2. The first-order chi connectivity index (χ1) is 18.3. The van der Waals surface area contributed by atoms with Gasteiger partial charge in [-0.2, -0.15) is 26.3 Å². The predicted octanol–water partition coefficient (Wildman–Crippen LogP) is 7.68.